The number of methoxy groups -OCH3 is 1. The fourth-order valence-electron chi connectivity index (χ4n) is 3.27. The summed E-state index contributed by atoms with van der Waals surface area (Å²) in [5, 5.41) is 3.90. The molecule has 0 aliphatic carbocycles. The van der Waals surface area contributed by atoms with E-state index in [1.807, 2.05) is 24.0 Å². The van der Waals surface area contributed by atoms with Gasteiger partial charge in [-0.25, -0.2) is 0 Å². The van der Waals surface area contributed by atoms with Crippen molar-refractivity contribution in [1.82, 2.24) is 15.0 Å². The molecule has 1 amide bonds. The van der Waals surface area contributed by atoms with Crippen molar-refractivity contribution in [2.24, 2.45) is 0 Å². The van der Waals surface area contributed by atoms with Crippen LogP contribution in [0, 0.1) is 13.8 Å². The molecule has 0 N–H and O–H groups in total. The molecule has 1 aromatic heterocycles. The number of aromatic nitrogens is 1. The molecule has 3 rings (SSSR count). The lowest BCUT2D eigenvalue weighted by Gasteiger charge is -2.22. The number of benzene rings is 1. The molecule has 1 aromatic carbocycles. The standard InChI is InChI=1S/C19H25N3O3/c1-14-18(15(2)25-20-14)19(23)22-10-4-9-21(11-12-22)13-16-5-7-17(24-3)8-6-16/h5-8H,4,9-13H2,1-3H3. The molecular weight excluding hydrogens is 318 g/mol. The molecular formula is C19H25N3O3. The Labute approximate surface area is 148 Å². The normalized spacial score (nSPS) is 15.9. The number of nitrogens with zero attached hydrogens (tertiary/aromatic N) is 3. The molecule has 25 heavy (non-hydrogen) atoms. The van der Waals surface area contributed by atoms with E-state index < -0.39 is 0 Å². The van der Waals surface area contributed by atoms with Crippen LogP contribution in [0.5, 0.6) is 5.75 Å². The van der Waals surface area contributed by atoms with Gasteiger partial charge < -0.3 is 14.2 Å². The minimum atomic E-state index is 0.0301. The highest BCUT2D eigenvalue weighted by Gasteiger charge is 2.25. The van der Waals surface area contributed by atoms with Crippen molar-refractivity contribution in [1.29, 1.82) is 0 Å². The van der Waals surface area contributed by atoms with Gasteiger partial charge in [0.1, 0.15) is 17.1 Å². The van der Waals surface area contributed by atoms with Gasteiger partial charge in [0.05, 0.1) is 12.8 Å². The van der Waals surface area contributed by atoms with E-state index in [2.05, 4.69) is 22.2 Å². The van der Waals surface area contributed by atoms with Gasteiger partial charge in [0.15, 0.2) is 0 Å². The van der Waals surface area contributed by atoms with Crippen LogP contribution in [0.3, 0.4) is 0 Å². The second-order valence-electron chi connectivity index (χ2n) is 6.47. The number of amides is 1. The minimum Gasteiger partial charge on any atom is -0.497 e. The highest BCUT2D eigenvalue weighted by Crippen LogP contribution is 2.18. The molecule has 6 heteroatoms. The number of aryl methyl sites for hydroxylation is 2. The smallest absolute Gasteiger partial charge is 0.259 e. The third-order valence-corrected chi connectivity index (χ3v) is 4.69. The maximum absolute atomic E-state index is 12.8. The molecule has 0 atom stereocenters. The summed E-state index contributed by atoms with van der Waals surface area (Å²) in [4.78, 5) is 17.1. The molecule has 1 aliphatic heterocycles. The fraction of sp³-hybridized carbons (Fsp3) is 0.474. The van der Waals surface area contributed by atoms with Crippen molar-refractivity contribution in [2.75, 3.05) is 33.3 Å². The maximum Gasteiger partial charge on any atom is 0.259 e. The Kier molecular flexibility index (Phi) is 5.38. The Bertz CT molecular complexity index is 705. The first-order chi connectivity index (χ1) is 12.1. The van der Waals surface area contributed by atoms with E-state index in [9.17, 15) is 4.79 Å². The van der Waals surface area contributed by atoms with Crippen molar-refractivity contribution in [3.8, 4) is 5.75 Å². The summed E-state index contributed by atoms with van der Waals surface area (Å²) < 4.78 is 10.3. The van der Waals surface area contributed by atoms with Crippen molar-refractivity contribution in [3.05, 3.63) is 46.8 Å². The van der Waals surface area contributed by atoms with Crippen LogP contribution in [0.15, 0.2) is 28.8 Å². The van der Waals surface area contributed by atoms with Crippen LogP contribution in [-0.4, -0.2) is 54.2 Å². The first-order valence-corrected chi connectivity index (χ1v) is 8.66. The maximum atomic E-state index is 12.8. The Hall–Kier alpha value is -2.34. The number of hydrogen-bond acceptors (Lipinski definition) is 5. The number of carbonyl (C=O) groups is 1. The molecule has 1 aliphatic rings. The van der Waals surface area contributed by atoms with Gasteiger partial charge in [0.2, 0.25) is 0 Å². The third-order valence-electron chi connectivity index (χ3n) is 4.69. The summed E-state index contributed by atoms with van der Waals surface area (Å²) >= 11 is 0. The molecule has 0 bridgehead atoms. The number of rotatable bonds is 4. The van der Waals surface area contributed by atoms with E-state index in [0.717, 1.165) is 44.9 Å². The monoisotopic (exact) mass is 343 g/mol. The van der Waals surface area contributed by atoms with Crippen LogP contribution in [0.25, 0.3) is 0 Å². The van der Waals surface area contributed by atoms with Crippen LogP contribution < -0.4 is 4.74 Å². The van der Waals surface area contributed by atoms with Crippen molar-refractivity contribution >= 4 is 5.91 Å². The van der Waals surface area contributed by atoms with Crippen LogP contribution in [0.2, 0.25) is 0 Å². The predicted octanol–water partition coefficient (Wildman–Crippen LogP) is 2.65. The molecule has 2 heterocycles. The van der Waals surface area contributed by atoms with Crippen LogP contribution in [0.4, 0.5) is 0 Å². The number of carbonyl (C=O) groups excluding carboxylic acids is 1. The summed E-state index contributed by atoms with van der Waals surface area (Å²) in [5.74, 6) is 1.50. The van der Waals surface area contributed by atoms with Gasteiger partial charge in [-0.05, 0) is 38.0 Å². The zero-order valence-electron chi connectivity index (χ0n) is 15.1. The van der Waals surface area contributed by atoms with Crippen LogP contribution in [-0.2, 0) is 6.54 Å². The Balaban J connectivity index is 1.61. The lowest BCUT2D eigenvalue weighted by molar-refractivity contribution is 0.0758. The molecule has 134 valence electrons. The lowest BCUT2D eigenvalue weighted by atomic mass is 10.1. The van der Waals surface area contributed by atoms with Gasteiger partial charge >= 0.3 is 0 Å². The third kappa shape index (κ3) is 4.02. The van der Waals surface area contributed by atoms with Gasteiger partial charge in [-0.1, -0.05) is 17.3 Å². The van der Waals surface area contributed by atoms with Crippen LogP contribution in [0.1, 0.15) is 33.8 Å². The molecule has 2 aromatic rings. The van der Waals surface area contributed by atoms with Crippen LogP contribution >= 0.6 is 0 Å². The number of ether oxygens (including phenoxy) is 1. The van der Waals surface area contributed by atoms with Gasteiger partial charge in [-0.15, -0.1) is 0 Å². The van der Waals surface area contributed by atoms with E-state index in [1.165, 1.54) is 5.56 Å². The average molecular weight is 343 g/mol. The largest absolute Gasteiger partial charge is 0.497 e. The van der Waals surface area contributed by atoms with E-state index >= 15 is 0 Å². The molecule has 1 saturated heterocycles. The Morgan fingerprint density at radius 2 is 1.92 bits per heavy atom. The molecule has 0 radical (unpaired) electrons. The van der Waals surface area contributed by atoms with Gasteiger partial charge in [-0.3, -0.25) is 9.69 Å². The Morgan fingerprint density at radius 3 is 2.56 bits per heavy atom. The van der Waals surface area contributed by atoms with E-state index in [0.29, 0.717) is 17.0 Å². The zero-order valence-corrected chi connectivity index (χ0v) is 15.1. The number of hydrogen-bond donors (Lipinski definition) is 0. The highest BCUT2D eigenvalue weighted by atomic mass is 16.5. The summed E-state index contributed by atoms with van der Waals surface area (Å²) in [6.45, 7) is 7.83. The van der Waals surface area contributed by atoms with Crippen molar-refractivity contribution in [3.63, 3.8) is 0 Å². The molecule has 0 spiro atoms. The predicted molar refractivity (Wildman–Crippen MR) is 94.8 cm³/mol. The fourth-order valence-corrected chi connectivity index (χ4v) is 3.27. The summed E-state index contributed by atoms with van der Waals surface area (Å²) in [6.07, 6.45) is 0.964. The van der Waals surface area contributed by atoms with E-state index in [4.69, 9.17) is 9.26 Å². The molecule has 6 nitrogen and oxygen atoms in total. The van der Waals surface area contributed by atoms with Crippen molar-refractivity contribution < 1.29 is 14.1 Å². The average Bonchev–Trinajstić information content (AvgIpc) is 2.82. The Morgan fingerprint density at radius 1 is 1.16 bits per heavy atom. The van der Waals surface area contributed by atoms with Crippen molar-refractivity contribution in [2.45, 2.75) is 26.8 Å². The SMILES string of the molecule is COc1ccc(CN2CCCN(C(=O)c3c(C)noc3C)CC2)cc1. The molecule has 0 saturated carbocycles. The topological polar surface area (TPSA) is 58.8 Å². The first kappa shape index (κ1) is 17.5. The van der Waals surface area contributed by atoms with Gasteiger partial charge in [0, 0.05) is 32.7 Å². The minimum absolute atomic E-state index is 0.0301. The molecule has 0 unspecified atom stereocenters. The lowest BCUT2D eigenvalue weighted by Crippen LogP contribution is -2.35. The zero-order chi connectivity index (χ0) is 17.8. The van der Waals surface area contributed by atoms with Gasteiger partial charge in [0.25, 0.3) is 5.91 Å². The van der Waals surface area contributed by atoms with E-state index in [-0.39, 0.29) is 5.91 Å². The second kappa shape index (κ2) is 7.70. The molecule has 1 fully saturated rings. The quantitative estimate of drug-likeness (QED) is 0.854. The van der Waals surface area contributed by atoms with Gasteiger partial charge in [-0.2, -0.15) is 0 Å². The summed E-state index contributed by atoms with van der Waals surface area (Å²) in [5.41, 5.74) is 2.54. The second-order valence-corrected chi connectivity index (χ2v) is 6.47. The summed E-state index contributed by atoms with van der Waals surface area (Å²) in [6, 6.07) is 8.16. The first-order valence-electron chi connectivity index (χ1n) is 8.66. The highest BCUT2D eigenvalue weighted by molar-refractivity contribution is 5.96. The van der Waals surface area contributed by atoms with E-state index in [1.54, 1.807) is 14.0 Å². The summed E-state index contributed by atoms with van der Waals surface area (Å²) in [7, 11) is 1.67.